The van der Waals surface area contributed by atoms with E-state index in [2.05, 4.69) is 16.6 Å². The molecule has 0 aliphatic carbocycles. The van der Waals surface area contributed by atoms with E-state index >= 15 is 0 Å². The van der Waals surface area contributed by atoms with Crippen LogP contribution in [0.5, 0.6) is 0 Å². The molecule has 20 heavy (non-hydrogen) atoms. The minimum absolute atomic E-state index is 0.00829. The van der Waals surface area contributed by atoms with Gasteiger partial charge in [-0.25, -0.2) is 0 Å². The molecule has 4 nitrogen and oxygen atoms in total. The van der Waals surface area contributed by atoms with Crippen molar-refractivity contribution in [3.63, 3.8) is 0 Å². The van der Waals surface area contributed by atoms with Crippen molar-refractivity contribution < 1.29 is 22.7 Å². The normalized spacial score (nSPS) is 24.7. The number of hydrogen-bond acceptors (Lipinski definition) is 3. The molecular weight excluding hydrogens is 273 g/mol. The Balaban J connectivity index is 2.32. The van der Waals surface area contributed by atoms with Crippen LogP contribution >= 0.6 is 0 Å². The second-order valence-electron chi connectivity index (χ2n) is 5.52. The quantitative estimate of drug-likeness (QED) is 0.725. The van der Waals surface area contributed by atoms with Crippen LogP contribution in [0.3, 0.4) is 0 Å². The fraction of sp³-hybridized carbons (Fsp3) is 0.923. The second-order valence-corrected chi connectivity index (χ2v) is 5.52. The number of alkyl halides is 3. The van der Waals surface area contributed by atoms with Crippen LogP contribution in [0.15, 0.2) is 0 Å². The van der Waals surface area contributed by atoms with E-state index in [9.17, 15) is 18.0 Å². The molecule has 0 radical (unpaired) electrons. The fourth-order valence-corrected chi connectivity index (χ4v) is 2.63. The lowest BCUT2D eigenvalue weighted by molar-refractivity contribution is -0.175. The topological polar surface area (TPSA) is 32.8 Å². The van der Waals surface area contributed by atoms with Crippen LogP contribution < -0.4 is 0 Å². The summed E-state index contributed by atoms with van der Waals surface area (Å²) in [6, 6.07) is 0.154. The molecule has 0 aromatic heterocycles. The summed E-state index contributed by atoms with van der Waals surface area (Å²) >= 11 is 0. The third-order valence-corrected chi connectivity index (χ3v) is 3.68. The summed E-state index contributed by atoms with van der Waals surface area (Å²) in [7, 11) is 3.76. The molecule has 7 heteroatoms. The third-order valence-electron chi connectivity index (χ3n) is 3.68. The Hall–Kier alpha value is -0.820. The van der Waals surface area contributed by atoms with E-state index in [1.54, 1.807) is 11.9 Å². The number of piperidine rings is 1. The number of amides is 1. The van der Waals surface area contributed by atoms with Crippen LogP contribution in [0.2, 0.25) is 0 Å². The zero-order valence-electron chi connectivity index (χ0n) is 12.2. The van der Waals surface area contributed by atoms with Gasteiger partial charge in [0.2, 0.25) is 5.91 Å². The molecule has 0 N–H and O–H groups in total. The number of halogens is 3. The molecule has 0 aromatic carbocycles. The molecule has 1 saturated heterocycles. The lowest BCUT2D eigenvalue weighted by Gasteiger charge is -2.40. The van der Waals surface area contributed by atoms with Crippen LogP contribution in [0, 0.1) is 5.92 Å². The SMILES string of the molecule is C[C@H]1CN(C)CC[C@@H]1N(C)C(=O)CCOCC(F)(F)F. The van der Waals surface area contributed by atoms with Gasteiger partial charge in [0.1, 0.15) is 6.61 Å². The molecule has 118 valence electrons. The smallest absolute Gasteiger partial charge is 0.372 e. The van der Waals surface area contributed by atoms with Gasteiger partial charge in [-0.3, -0.25) is 4.79 Å². The minimum atomic E-state index is -4.34. The Morgan fingerprint density at radius 1 is 1.45 bits per heavy atom. The molecule has 1 amide bonds. The van der Waals surface area contributed by atoms with Gasteiger partial charge in [0.15, 0.2) is 0 Å². The fourth-order valence-electron chi connectivity index (χ4n) is 2.63. The first kappa shape index (κ1) is 17.2. The van der Waals surface area contributed by atoms with Gasteiger partial charge in [-0.15, -0.1) is 0 Å². The first-order chi connectivity index (χ1) is 9.20. The lowest BCUT2D eigenvalue weighted by atomic mass is 9.93. The summed E-state index contributed by atoms with van der Waals surface area (Å²) < 4.78 is 40.1. The average molecular weight is 296 g/mol. The first-order valence-electron chi connectivity index (χ1n) is 6.79. The van der Waals surface area contributed by atoms with Crippen LogP contribution in [-0.2, 0) is 9.53 Å². The van der Waals surface area contributed by atoms with Gasteiger partial charge < -0.3 is 14.5 Å². The Labute approximate surface area is 117 Å². The van der Waals surface area contributed by atoms with Crippen molar-refractivity contribution in [1.82, 2.24) is 9.80 Å². The number of hydrogen-bond donors (Lipinski definition) is 0. The summed E-state index contributed by atoms with van der Waals surface area (Å²) in [5.74, 6) is 0.201. The van der Waals surface area contributed by atoms with E-state index in [0.717, 1.165) is 19.5 Å². The minimum Gasteiger partial charge on any atom is -0.372 e. The van der Waals surface area contributed by atoms with E-state index in [1.165, 1.54) is 0 Å². The number of carbonyl (C=O) groups excluding carboxylic acids is 1. The summed E-state index contributed by atoms with van der Waals surface area (Å²) in [5.41, 5.74) is 0. The summed E-state index contributed by atoms with van der Waals surface area (Å²) in [5, 5.41) is 0. The lowest BCUT2D eigenvalue weighted by Crippen LogP contribution is -2.49. The molecule has 1 heterocycles. The Kier molecular flexibility index (Phi) is 6.26. The highest BCUT2D eigenvalue weighted by atomic mass is 19.4. The third kappa shape index (κ3) is 5.66. The Morgan fingerprint density at radius 2 is 2.10 bits per heavy atom. The number of nitrogens with zero attached hydrogens (tertiary/aromatic N) is 2. The van der Waals surface area contributed by atoms with E-state index in [0.29, 0.717) is 5.92 Å². The average Bonchev–Trinajstić information content (AvgIpc) is 2.32. The van der Waals surface area contributed by atoms with E-state index in [4.69, 9.17) is 0 Å². The molecule has 0 unspecified atom stereocenters. The van der Waals surface area contributed by atoms with Gasteiger partial charge in [-0.1, -0.05) is 6.92 Å². The maximum Gasteiger partial charge on any atom is 0.411 e. The van der Waals surface area contributed by atoms with Crippen molar-refractivity contribution in [1.29, 1.82) is 0 Å². The number of rotatable bonds is 5. The monoisotopic (exact) mass is 296 g/mol. The van der Waals surface area contributed by atoms with Gasteiger partial charge >= 0.3 is 6.18 Å². The standard InChI is InChI=1S/C13H23F3N2O2/c1-10-8-17(2)6-4-11(10)18(3)12(19)5-7-20-9-13(14,15)16/h10-11H,4-9H2,1-3H3/t10-,11-/m0/s1. The highest BCUT2D eigenvalue weighted by molar-refractivity contribution is 5.76. The molecule has 1 aliphatic heterocycles. The predicted octanol–water partition coefficient (Wildman–Crippen LogP) is 1.75. The first-order valence-corrected chi connectivity index (χ1v) is 6.79. The van der Waals surface area contributed by atoms with Crippen LogP contribution in [0.25, 0.3) is 0 Å². The molecule has 1 aliphatic rings. The summed E-state index contributed by atoms with van der Waals surface area (Å²) in [4.78, 5) is 15.8. The zero-order chi connectivity index (χ0) is 15.3. The van der Waals surface area contributed by atoms with Crippen molar-refractivity contribution in [2.75, 3.05) is 40.4 Å². The van der Waals surface area contributed by atoms with Gasteiger partial charge in [0.25, 0.3) is 0 Å². The van der Waals surface area contributed by atoms with Crippen molar-refractivity contribution in [2.45, 2.75) is 32.0 Å². The molecule has 0 spiro atoms. The van der Waals surface area contributed by atoms with Crippen molar-refractivity contribution in [2.24, 2.45) is 5.92 Å². The maximum absolute atomic E-state index is 11.9. The second kappa shape index (κ2) is 7.26. The summed E-state index contributed by atoms with van der Waals surface area (Å²) in [6.45, 7) is 2.45. The molecule has 2 atom stereocenters. The van der Waals surface area contributed by atoms with Crippen LogP contribution in [0.1, 0.15) is 19.8 Å². The number of likely N-dealkylation sites (tertiary alicyclic amines) is 1. The number of ether oxygens (including phenoxy) is 1. The number of carbonyl (C=O) groups is 1. The van der Waals surface area contributed by atoms with E-state index in [-0.39, 0.29) is 25.0 Å². The van der Waals surface area contributed by atoms with Crippen LogP contribution in [-0.4, -0.2) is 68.3 Å². The zero-order valence-corrected chi connectivity index (χ0v) is 12.2. The van der Waals surface area contributed by atoms with Gasteiger partial charge in [-0.2, -0.15) is 13.2 Å². The highest BCUT2D eigenvalue weighted by Crippen LogP contribution is 2.21. The molecular formula is C13H23F3N2O2. The largest absolute Gasteiger partial charge is 0.411 e. The maximum atomic E-state index is 11.9. The van der Waals surface area contributed by atoms with E-state index in [1.807, 2.05) is 7.05 Å². The summed E-state index contributed by atoms with van der Waals surface area (Å²) in [6.07, 6.45) is -3.45. The highest BCUT2D eigenvalue weighted by Gasteiger charge is 2.30. The van der Waals surface area contributed by atoms with Gasteiger partial charge in [-0.05, 0) is 25.9 Å². The molecule has 0 bridgehead atoms. The molecule has 1 rings (SSSR count). The van der Waals surface area contributed by atoms with Gasteiger partial charge in [0.05, 0.1) is 13.0 Å². The van der Waals surface area contributed by atoms with Crippen molar-refractivity contribution in [3.8, 4) is 0 Å². The predicted molar refractivity (Wildman–Crippen MR) is 69.3 cm³/mol. The molecule has 1 fully saturated rings. The van der Waals surface area contributed by atoms with Crippen LogP contribution in [0.4, 0.5) is 13.2 Å². The van der Waals surface area contributed by atoms with E-state index < -0.39 is 12.8 Å². The molecule has 0 saturated carbocycles. The van der Waals surface area contributed by atoms with Crippen molar-refractivity contribution >= 4 is 5.91 Å². The molecule has 0 aromatic rings. The Morgan fingerprint density at radius 3 is 2.65 bits per heavy atom. The Bertz CT molecular complexity index is 323. The van der Waals surface area contributed by atoms with Crippen molar-refractivity contribution in [3.05, 3.63) is 0 Å². The van der Waals surface area contributed by atoms with Gasteiger partial charge in [0, 0.05) is 19.6 Å².